The molecule has 0 amide bonds. The van der Waals surface area contributed by atoms with Crippen molar-refractivity contribution in [3.05, 3.63) is 23.8 Å². The molecule has 8 saturated heterocycles. The summed E-state index contributed by atoms with van der Waals surface area (Å²) in [6.45, 7) is 13.9. The molecule has 8 aliphatic rings. The van der Waals surface area contributed by atoms with E-state index in [4.69, 9.17) is 37.9 Å². The molecule has 15 nitrogen and oxygen atoms in total. The lowest BCUT2D eigenvalue weighted by Crippen LogP contribution is -2.59. The van der Waals surface area contributed by atoms with Crippen molar-refractivity contribution in [3.63, 3.8) is 0 Å². The van der Waals surface area contributed by atoms with Crippen LogP contribution in [0.2, 0.25) is 0 Å². The average molecular weight is 877 g/mol. The van der Waals surface area contributed by atoms with Gasteiger partial charge in [0.1, 0.15) is 42.2 Å². The normalized spacial score (nSPS) is 50.2. The van der Waals surface area contributed by atoms with Gasteiger partial charge in [-0.25, -0.2) is 0 Å². The number of carboxylic acids is 1. The Morgan fingerprint density at radius 1 is 0.919 bits per heavy atom. The van der Waals surface area contributed by atoms with Crippen LogP contribution in [0, 0.1) is 17.8 Å². The van der Waals surface area contributed by atoms with Crippen LogP contribution in [0.3, 0.4) is 0 Å². The summed E-state index contributed by atoms with van der Waals surface area (Å²) >= 11 is 0. The Morgan fingerprint density at radius 3 is 2.44 bits per heavy atom. The fraction of sp³-hybridized carbons (Fsp3) is 0.872. The molecule has 8 aliphatic heterocycles. The number of hydrogen-bond donors (Lipinski definition) is 5. The number of aliphatic hydroxyl groups is 4. The maximum Gasteiger partial charge on any atom is 0.308 e. The quantitative estimate of drug-likeness (QED) is 0.167. The van der Waals surface area contributed by atoms with E-state index in [2.05, 4.69) is 26.8 Å². The smallest absolute Gasteiger partial charge is 0.308 e. The monoisotopic (exact) mass is 876 g/mol. The zero-order valence-corrected chi connectivity index (χ0v) is 37.7. The Hall–Kier alpha value is -1.86. The first kappa shape index (κ1) is 46.7. The molecule has 350 valence electrons. The zero-order valence-electron chi connectivity index (χ0n) is 37.7. The molecular weight excluding hydrogens is 805 g/mol. The highest BCUT2D eigenvalue weighted by molar-refractivity contribution is 5.86. The molecule has 1 spiro atoms. The van der Waals surface area contributed by atoms with E-state index in [-0.39, 0.29) is 36.6 Å². The third-order valence-electron chi connectivity index (χ3n) is 15.7. The van der Waals surface area contributed by atoms with Gasteiger partial charge in [-0.15, -0.1) is 0 Å². The molecule has 0 aliphatic carbocycles. The van der Waals surface area contributed by atoms with Crippen LogP contribution in [0.4, 0.5) is 0 Å². The number of allylic oxidation sites excluding steroid dienone is 3. The van der Waals surface area contributed by atoms with Crippen LogP contribution in [0.5, 0.6) is 0 Å². The second-order valence-electron chi connectivity index (χ2n) is 21.2. The number of aliphatic hydroxyl groups excluding tert-OH is 3. The second kappa shape index (κ2) is 17.1. The lowest BCUT2D eigenvalue weighted by Gasteiger charge is -2.47. The van der Waals surface area contributed by atoms with Crippen molar-refractivity contribution in [2.45, 2.75) is 234 Å². The predicted molar refractivity (Wildman–Crippen MR) is 221 cm³/mol. The maximum absolute atomic E-state index is 13.9. The van der Waals surface area contributed by atoms with Gasteiger partial charge >= 0.3 is 5.97 Å². The Balaban J connectivity index is 0.863. The molecule has 5 unspecified atom stereocenters. The zero-order chi connectivity index (χ0) is 44.6. The molecule has 15 heteroatoms. The van der Waals surface area contributed by atoms with Crippen molar-refractivity contribution < 1.29 is 73.0 Å². The lowest BCUT2D eigenvalue weighted by molar-refractivity contribution is -0.359. The number of Topliss-reactive ketones (excluding diaryl/α,β-unsaturated/α-hetero) is 1. The van der Waals surface area contributed by atoms with Gasteiger partial charge in [0.05, 0.1) is 48.1 Å². The number of carboxylic acid groups (broad SMARTS) is 1. The molecule has 8 fully saturated rings. The topological polar surface area (TPSA) is 209 Å². The van der Waals surface area contributed by atoms with Gasteiger partial charge in [-0.2, -0.15) is 0 Å². The first-order valence-electron chi connectivity index (χ1n) is 23.4. The molecule has 0 aromatic rings. The Kier molecular flexibility index (Phi) is 12.9. The third kappa shape index (κ3) is 8.89. The number of fused-ring (bicyclic) bond motifs is 2. The number of hydrogen-bond acceptors (Lipinski definition) is 14. The molecule has 0 aromatic carbocycles. The van der Waals surface area contributed by atoms with Gasteiger partial charge in [-0.3, -0.25) is 9.59 Å². The molecule has 5 N–H and O–H groups in total. The first-order valence-corrected chi connectivity index (χ1v) is 23.4. The Morgan fingerprint density at radius 2 is 1.68 bits per heavy atom. The summed E-state index contributed by atoms with van der Waals surface area (Å²) in [6, 6.07) is 0. The molecule has 0 radical (unpaired) electrons. The van der Waals surface area contributed by atoms with E-state index in [1.54, 1.807) is 19.9 Å². The molecule has 8 rings (SSSR count). The molecule has 8 heterocycles. The first-order chi connectivity index (χ1) is 29.1. The van der Waals surface area contributed by atoms with Crippen molar-refractivity contribution >= 4 is 11.8 Å². The van der Waals surface area contributed by atoms with Crippen molar-refractivity contribution in [2.24, 2.45) is 17.8 Å². The van der Waals surface area contributed by atoms with E-state index >= 15 is 0 Å². The minimum Gasteiger partial charge on any atom is -0.481 e. The van der Waals surface area contributed by atoms with Gasteiger partial charge in [0.25, 0.3) is 0 Å². The van der Waals surface area contributed by atoms with Gasteiger partial charge < -0.3 is 63.4 Å². The highest BCUT2D eigenvalue weighted by atomic mass is 16.8. The highest BCUT2D eigenvalue weighted by Gasteiger charge is 2.64. The second-order valence-corrected chi connectivity index (χ2v) is 21.2. The molecule has 19 atom stereocenters. The Labute approximate surface area is 365 Å². The standard InChI is InChI=1S/C47H72O15/c1-26(10-11-33-30(48)22-37(56-33)47(54)39(50)28(3)14-20-55-47)21-27(2)23-42(5)16-13-36(60-42)46-19-18-43(6,62-46)25-35(59-46)38-31(49)24-44(7,61-38)40(51)34-12-17-45(58-34)15-8-9-32(57-45)29(4)41(52)53/h10-11,21,27-30,32-40,48,50-51,54H,8-9,12-20,22-25H2,1-7H3,(H,52,53)/b11-10+,26-21+/t27-,28+,29+,30+,32-,33?,34?,35?,36+,37?,38?,39+,40-,42+,43-,44+,45-,46-,47+/m0/s1. The van der Waals surface area contributed by atoms with Crippen LogP contribution >= 0.6 is 0 Å². The van der Waals surface area contributed by atoms with Crippen molar-refractivity contribution in [1.82, 2.24) is 0 Å². The van der Waals surface area contributed by atoms with Gasteiger partial charge in [0.15, 0.2) is 17.4 Å². The number of carbonyl (C=O) groups is 2. The third-order valence-corrected chi connectivity index (χ3v) is 15.7. The van der Waals surface area contributed by atoms with Gasteiger partial charge in [-0.05, 0) is 97.8 Å². The van der Waals surface area contributed by atoms with E-state index in [1.807, 2.05) is 19.9 Å². The van der Waals surface area contributed by atoms with E-state index in [1.165, 1.54) is 0 Å². The minimum absolute atomic E-state index is 0.00421. The van der Waals surface area contributed by atoms with Crippen molar-refractivity contribution in [2.75, 3.05) is 6.61 Å². The molecule has 0 saturated carbocycles. The van der Waals surface area contributed by atoms with Crippen LogP contribution in [0.15, 0.2) is 23.8 Å². The fourth-order valence-electron chi connectivity index (χ4n) is 12.1. The number of ketones is 1. The fourth-order valence-corrected chi connectivity index (χ4v) is 12.1. The minimum atomic E-state index is -1.86. The summed E-state index contributed by atoms with van der Waals surface area (Å²) in [6.07, 6.45) is 6.29. The summed E-state index contributed by atoms with van der Waals surface area (Å²) in [7, 11) is 0. The number of ether oxygens (including phenoxy) is 8. The number of aliphatic carboxylic acids is 1. The van der Waals surface area contributed by atoms with E-state index < -0.39 is 101 Å². The van der Waals surface area contributed by atoms with E-state index in [0.29, 0.717) is 51.6 Å². The van der Waals surface area contributed by atoms with E-state index in [0.717, 1.165) is 37.7 Å². The Bertz CT molecular complexity index is 1740. The summed E-state index contributed by atoms with van der Waals surface area (Å²) < 4.78 is 51.4. The molecule has 2 bridgehead atoms. The number of rotatable bonds is 12. The molecule has 0 aromatic heterocycles. The average Bonchev–Trinajstić information content (AvgIpc) is 4.02. The van der Waals surface area contributed by atoms with Crippen molar-refractivity contribution in [1.29, 1.82) is 0 Å². The summed E-state index contributed by atoms with van der Waals surface area (Å²) in [5.41, 5.74) is -1.22. The van der Waals surface area contributed by atoms with E-state index in [9.17, 15) is 35.1 Å². The van der Waals surface area contributed by atoms with Crippen LogP contribution in [-0.4, -0.2) is 139 Å². The highest BCUT2D eigenvalue weighted by Crippen LogP contribution is 2.55. The SMILES string of the molecule is CC(/C=C/C1OC([C@@]2(O)OCC[C@@H](C)[C@H]2O)C[C@H]1O)=C\[C@H](C)C[C@@]1(C)CC[C@H]([C@@]23CC[C@@](C)(CC(C4O[C@@](C)([C@@H](O)C5CC[C@]6(CCC[C@@H]([C@@H](C)C(=O)O)O6)O5)CC4=O)O2)O3)O1. The molecule has 62 heavy (non-hydrogen) atoms. The largest absolute Gasteiger partial charge is 0.481 e. The summed E-state index contributed by atoms with van der Waals surface area (Å²) in [5.74, 6) is -5.58. The van der Waals surface area contributed by atoms with Gasteiger partial charge in [0.2, 0.25) is 5.79 Å². The summed E-state index contributed by atoms with van der Waals surface area (Å²) in [4.78, 5) is 25.5. The van der Waals surface area contributed by atoms with Crippen LogP contribution in [0.1, 0.15) is 138 Å². The van der Waals surface area contributed by atoms with Crippen LogP contribution < -0.4 is 0 Å². The van der Waals surface area contributed by atoms with Crippen LogP contribution in [0.25, 0.3) is 0 Å². The predicted octanol–water partition coefficient (Wildman–Crippen LogP) is 4.77. The van der Waals surface area contributed by atoms with Gasteiger partial charge in [0, 0.05) is 38.5 Å². The lowest BCUT2D eigenvalue weighted by atomic mass is 9.87. The van der Waals surface area contributed by atoms with Gasteiger partial charge in [-0.1, -0.05) is 37.6 Å². The molecular formula is C47H72O15. The maximum atomic E-state index is 13.9. The van der Waals surface area contributed by atoms with Crippen molar-refractivity contribution in [3.8, 4) is 0 Å². The van der Waals surface area contributed by atoms with Crippen LogP contribution in [-0.2, 0) is 47.5 Å². The number of carbonyl (C=O) groups excluding carboxylic acids is 1. The summed E-state index contributed by atoms with van der Waals surface area (Å²) in [5, 5.41) is 54.0.